The van der Waals surface area contributed by atoms with E-state index in [1.807, 2.05) is 39.0 Å². The second-order valence-corrected chi connectivity index (χ2v) is 5.41. The number of hydrogen-bond acceptors (Lipinski definition) is 2. The van der Waals surface area contributed by atoms with E-state index in [0.29, 0.717) is 12.1 Å². The molecule has 0 aliphatic rings. The quantitative estimate of drug-likeness (QED) is 0.943. The van der Waals surface area contributed by atoms with Crippen LogP contribution in [0.1, 0.15) is 38.3 Å². The number of rotatable bonds is 3. The second-order valence-electron chi connectivity index (χ2n) is 5.41. The average molecular weight is 285 g/mol. The van der Waals surface area contributed by atoms with Gasteiger partial charge in [0.15, 0.2) is 0 Å². The number of carboxylic acid groups (broad SMARTS) is 1. The number of aromatic nitrogens is 1. The Morgan fingerprint density at radius 3 is 2.19 bits per heavy atom. The Kier molecular flexibility index (Phi) is 3.98. The molecule has 0 saturated heterocycles. The molecule has 0 aliphatic carbocycles. The monoisotopic (exact) mass is 285 g/mol. The number of aromatic carboxylic acids is 1. The van der Waals surface area contributed by atoms with Crippen molar-refractivity contribution in [3.8, 4) is 0 Å². The van der Waals surface area contributed by atoms with Crippen LogP contribution in [0.2, 0.25) is 0 Å². The number of pyridine rings is 1. The summed E-state index contributed by atoms with van der Waals surface area (Å²) in [5.41, 5.74) is 3.93. The van der Waals surface area contributed by atoms with Crippen LogP contribution < -0.4 is 5.56 Å². The van der Waals surface area contributed by atoms with Gasteiger partial charge in [-0.25, -0.2) is 4.79 Å². The predicted octanol–water partition coefficient (Wildman–Crippen LogP) is 2.83. The normalized spacial score (nSPS) is 10.7. The van der Waals surface area contributed by atoms with Crippen molar-refractivity contribution in [2.45, 2.75) is 34.2 Å². The van der Waals surface area contributed by atoms with Gasteiger partial charge in [-0.05, 0) is 56.0 Å². The fraction of sp³-hybridized carbons (Fsp3) is 0.294. The van der Waals surface area contributed by atoms with Crippen LogP contribution in [0.4, 0.5) is 0 Å². The molecule has 2 rings (SSSR count). The lowest BCUT2D eigenvalue weighted by Gasteiger charge is -2.16. The van der Waals surface area contributed by atoms with Gasteiger partial charge in [-0.2, -0.15) is 0 Å². The summed E-state index contributed by atoms with van der Waals surface area (Å²) in [5.74, 6) is -1.17. The van der Waals surface area contributed by atoms with E-state index in [9.17, 15) is 14.7 Å². The van der Waals surface area contributed by atoms with Crippen LogP contribution in [0.25, 0.3) is 0 Å². The van der Waals surface area contributed by atoms with Crippen molar-refractivity contribution >= 4 is 5.97 Å². The van der Waals surface area contributed by atoms with Gasteiger partial charge < -0.3 is 9.67 Å². The number of hydrogen-bond donors (Lipinski definition) is 1. The highest BCUT2D eigenvalue weighted by molar-refractivity contribution is 5.88. The highest BCUT2D eigenvalue weighted by Gasteiger charge is 2.17. The minimum atomic E-state index is -1.17. The van der Waals surface area contributed by atoms with Gasteiger partial charge in [0.2, 0.25) is 0 Å². The van der Waals surface area contributed by atoms with Gasteiger partial charge in [-0.1, -0.05) is 18.2 Å². The van der Waals surface area contributed by atoms with Crippen LogP contribution in [0.15, 0.2) is 29.1 Å². The molecule has 0 saturated carbocycles. The first-order valence-corrected chi connectivity index (χ1v) is 6.82. The van der Waals surface area contributed by atoms with Gasteiger partial charge in [-0.15, -0.1) is 0 Å². The summed E-state index contributed by atoms with van der Waals surface area (Å²) in [7, 11) is 0. The van der Waals surface area contributed by atoms with Crippen molar-refractivity contribution in [3.05, 3.63) is 68.1 Å². The third-order valence-electron chi connectivity index (χ3n) is 3.88. The zero-order valence-electron chi connectivity index (χ0n) is 12.7. The molecule has 1 N–H and O–H groups in total. The molecule has 1 aromatic heterocycles. The van der Waals surface area contributed by atoms with Crippen molar-refractivity contribution in [3.63, 3.8) is 0 Å². The lowest BCUT2D eigenvalue weighted by atomic mass is 10.0. The van der Waals surface area contributed by atoms with Crippen LogP contribution in [0.5, 0.6) is 0 Å². The molecule has 110 valence electrons. The lowest BCUT2D eigenvalue weighted by molar-refractivity contribution is 0.0693. The molecule has 0 bridgehead atoms. The highest BCUT2D eigenvalue weighted by Crippen LogP contribution is 2.16. The summed E-state index contributed by atoms with van der Waals surface area (Å²) >= 11 is 0. The molecule has 1 heterocycles. The molecule has 1 aromatic carbocycles. The van der Waals surface area contributed by atoms with Crippen molar-refractivity contribution < 1.29 is 9.90 Å². The SMILES string of the molecule is Cc1cccc(C)c1Cn1c(C)cc(C)c(C(=O)O)c1=O. The van der Waals surface area contributed by atoms with Crippen LogP contribution in [0, 0.1) is 27.7 Å². The summed E-state index contributed by atoms with van der Waals surface area (Å²) in [5, 5.41) is 9.22. The van der Waals surface area contributed by atoms with Gasteiger partial charge in [-0.3, -0.25) is 4.79 Å². The molecular weight excluding hydrogens is 266 g/mol. The van der Waals surface area contributed by atoms with Crippen molar-refractivity contribution in [2.75, 3.05) is 0 Å². The van der Waals surface area contributed by atoms with E-state index in [1.165, 1.54) is 4.57 Å². The molecule has 0 aliphatic heterocycles. The Balaban J connectivity index is 2.63. The van der Waals surface area contributed by atoms with Crippen molar-refractivity contribution in [1.29, 1.82) is 0 Å². The Morgan fingerprint density at radius 2 is 1.67 bits per heavy atom. The zero-order chi connectivity index (χ0) is 15.7. The molecular formula is C17H19NO3. The van der Waals surface area contributed by atoms with E-state index in [0.717, 1.165) is 22.4 Å². The summed E-state index contributed by atoms with van der Waals surface area (Å²) in [6, 6.07) is 7.71. The molecule has 0 spiro atoms. The number of carboxylic acids is 1. The number of aryl methyl sites for hydroxylation is 4. The van der Waals surface area contributed by atoms with E-state index in [1.54, 1.807) is 13.0 Å². The number of nitrogens with zero attached hydrogens (tertiary/aromatic N) is 1. The molecule has 4 heteroatoms. The second kappa shape index (κ2) is 5.56. The van der Waals surface area contributed by atoms with Gasteiger partial charge in [0.05, 0.1) is 6.54 Å². The maximum absolute atomic E-state index is 12.5. The first-order chi connectivity index (χ1) is 9.82. The van der Waals surface area contributed by atoms with Gasteiger partial charge in [0.25, 0.3) is 5.56 Å². The van der Waals surface area contributed by atoms with E-state index in [2.05, 4.69) is 0 Å². The highest BCUT2D eigenvalue weighted by atomic mass is 16.4. The largest absolute Gasteiger partial charge is 0.477 e. The topological polar surface area (TPSA) is 59.3 Å². The smallest absolute Gasteiger partial charge is 0.341 e. The zero-order valence-corrected chi connectivity index (χ0v) is 12.7. The van der Waals surface area contributed by atoms with E-state index >= 15 is 0 Å². The summed E-state index contributed by atoms with van der Waals surface area (Å²) < 4.78 is 1.53. The summed E-state index contributed by atoms with van der Waals surface area (Å²) in [6.07, 6.45) is 0. The Labute approximate surface area is 123 Å². The van der Waals surface area contributed by atoms with Gasteiger partial charge in [0, 0.05) is 5.69 Å². The van der Waals surface area contributed by atoms with Crippen molar-refractivity contribution in [1.82, 2.24) is 4.57 Å². The molecule has 0 unspecified atom stereocenters. The first kappa shape index (κ1) is 15.0. The molecule has 0 amide bonds. The fourth-order valence-electron chi connectivity index (χ4n) is 2.64. The maximum atomic E-state index is 12.5. The third kappa shape index (κ3) is 2.75. The summed E-state index contributed by atoms with van der Waals surface area (Å²) in [6.45, 7) is 7.86. The summed E-state index contributed by atoms with van der Waals surface area (Å²) in [4.78, 5) is 23.7. The minimum absolute atomic E-state index is 0.146. The number of benzene rings is 1. The Hall–Kier alpha value is -2.36. The van der Waals surface area contributed by atoms with Crippen LogP contribution >= 0.6 is 0 Å². The Morgan fingerprint density at radius 1 is 1.10 bits per heavy atom. The number of carbonyl (C=O) groups is 1. The van der Waals surface area contributed by atoms with Crippen LogP contribution in [0.3, 0.4) is 0 Å². The molecule has 0 fully saturated rings. The van der Waals surface area contributed by atoms with Crippen LogP contribution in [-0.2, 0) is 6.54 Å². The van der Waals surface area contributed by atoms with E-state index in [4.69, 9.17) is 0 Å². The predicted molar refractivity (Wildman–Crippen MR) is 82.2 cm³/mol. The Bertz CT molecular complexity index is 752. The first-order valence-electron chi connectivity index (χ1n) is 6.82. The van der Waals surface area contributed by atoms with Crippen LogP contribution in [-0.4, -0.2) is 15.6 Å². The van der Waals surface area contributed by atoms with Gasteiger partial charge in [0.1, 0.15) is 5.56 Å². The third-order valence-corrected chi connectivity index (χ3v) is 3.88. The lowest BCUT2D eigenvalue weighted by Crippen LogP contribution is -2.30. The average Bonchev–Trinajstić information content (AvgIpc) is 2.36. The standard InChI is InChI=1S/C17H19NO3/c1-10-6-5-7-11(2)14(10)9-18-13(4)8-12(3)15(16(18)19)17(20)21/h5-8H,9H2,1-4H3,(H,20,21). The molecule has 21 heavy (non-hydrogen) atoms. The minimum Gasteiger partial charge on any atom is -0.477 e. The maximum Gasteiger partial charge on any atom is 0.341 e. The fourth-order valence-corrected chi connectivity index (χ4v) is 2.64. The van der Waals surface area contributed by atoms with Gasteiger partial charge >= 0.3 is 5.97 Å². The molecule has 0 radical (unpaired) electrons. The van der Waals surface area contributed by atoms with E-state index < -0.39 is 11.5 Å². The molecule has 0 atom stereocenters. The van der Waals surface area contributed by atoms with E-state index in [-0.39, 0.29) is 5.56 Å². The molecule has 2 aromatic rings. The van der Waals surface area contributed by atoms with Crippen molar-refractivity contribution in [2.24, 2.45) is 0 Å². The molecule has 4 nitrogen and oxygen atoms in total.